The number of aliphatic hydroxyl groups is 1. The Bertz CT molecular complexity index is 516. The van der Waals surface area contributed by atoms with E-state index in [-0.39, 0.29) is 19.7 Å². The van der Waals surface area contributed by atoms with Crippen LogP contribution in [-0.4, -0.2) is 38.8 Å². The van der Waals surface area contributed by atoms with Gasteiger partial charge in [0.15, 0.2) is 0 Å². The van der Waals surface area contributed by atoms with Gasteiger partial charge in [0.1, 0.15) is 6.61 Å². The number of benzene rings is 1. The molecule has 0 saturated heterocycles. The highest BCUT2D eigenvalue weighted by atomic mass is 16.5. The molecule has 0 radical (unpaired) electrons. The molecule has 2 aromatic rings. The number of nitrogens with one attached hydrogen (secondary N) is 1. The second-order valence-electron chi connectivity index (χ2n) is 4.22. The largest absolute Gasteiger partial charge is 0.445 e. The summed E-state index contributed by atoms with van der Waals surface area (Å²) in [6, 6.07) is 9.38. The van der Waals surface area contributed by atoms with Gasteiger partial charge in [-0.1, -0.05) is 35.5 Å². The highest BCUT2D eigenvalue weighted by Crippen LogP contribution is 2.00. The number of rotatable bonds is 6. The third-order valence-corrected chi connectivity index (χ3v) is 2.56. The van der Waals surface area contributed by atoms with E-state index < -0.39 is 12.2 Å². The summed E-state index contributed by atoms with van der Waals surface area (Å²) in [6.45, 7) is 0.554. The second kappa shape index (κ2) is 7.25. The van der Waals surface area contributed by atoms with E-state index in [1.165, 1.54) is 10.9 Å². The molecule has 0 bridgehead atoms. The van der Waals surface area contributed by atoms with Crippen LogP contribution in [0.15, 0.2) is 42.7 Å². The molecule has 0 aliphatic heterocycles. The molecule has 0 fully saturated rings. The van der Waals surface area contributed by atoms with Crippen LogP contribution in [0.2, 0.25) is 0 Å². The summed E-state index contributed by atoms with van der Waals surface area (Å²) in [6.07, 6.45) is 1.85. The van der Waals surface area contributed by atoms with E-state index in [2.05, 4.69) is 15.6 Å². The van der Waals surface area contributed by atoms with Crippen molar-refractivity contribution in [2.45, 2.75) is 19.3 Å². The van der Waals surface area contributed by atoms with E-state index >= 15 is 0 Å². The highest BCUT2D eigenvalue weighted by Gasteiger charge is 2.09. The number of aromatic nitrogens is 3. The van der Waals surface area contributed by atoms with Gasteiger partial charge in [-0.05, 0) is 5.56 Å². The number of ether oxygens (including phenoxy) is 1. The van der Waals surface area contributed by atoms with Crippen molar-refractivity contribution in [3.8, 4) is 0 Å². The maximum absolute atomic E-state index is 11.4. The molecule has 0 spiro atoms. The minimum Gasteiger partial charge on any atom is -0.445 e. The molecule has 1 atom stereocenters. The van der Waals surface area contributed by atoms with Crippen molar-refractivity contribution < 1.29 is 14.6 Å². The van der Waals surface area contributed by atoms with Gasteiger partial charge < -0.3 is 15.2 Å². The first-order valence-electron chi connectivity index (χ1n) is 6.21. The molecule has 1 aromatic carbocycles. The Labute approximate surface area is 116 Å². The number of carbonyl (C=O) groups is 1. The van der Waals surface area contributed by atoms with Crippen LogP contribution in [-0.2, 0) is 17.9 Å². The fraction of sp³-hybridized carbons (Fsp3) is 0.308. The van der Waals surface area contributed by atoms with Crippen LogP contribution in [0.3, 0.4) is 0 Å². The fourth-order valence-corrected chi connectivity index (χ4v) is 1.59. The van der Waals surface area contributed by atoms with Crippen molar-refractivity contribution in [1.29, 1.82) is 0 Å². The van der Waals surface area contributed by atoms with Gasteiger partial charge in [0.25, 0.3) is 0 Å². The number of carbonyl (C=O) groups excluding carboxylic acids is 1. The van der Waals surface area contributed by atoms with E-state index in [1.807, 2.05) is 30.3 Å². The van der Waals surface area contributed by atoms with Crippen LogP contribution < -0.4 is 5.32 Å². The lowest BCUT2D eigenvalue weighted by Crippen LogP contribution is -2.34. The van der Waals surface area contributed by atoms with Gasteiger partial charge in [-0.3, -0.25) is 0 Å². The predicted molar refractivity (Wildman–Crippen MR) is 70.7 cm³/mol. The molecular weight excluding hydrogens is 260 g/mol. The van der Waals surface area contributed by atoms with Gasteiger partial charge in [0.2, 0.25) is 0 Å². The molecule has 1 unspecified atom stereocenters. The topological polar surface area (TPSA) is 89.3 Å². The maximum Gasteiger partial charge on any atom is 0.407 e. The van der Waals surface area contributed by atoms with E-state index in [4.69, 9.17) is 4.74 Å². The van der Waals surface area contributed by atoms with Crippen molar-refractivity contribution in [1.82, 2.24) is 20.3 Å². The molecule has 7 nitrogen and oxygen atoms in total. The fourth-order valence-electron chi connectivity index (χ4n) is 1.59. The standard InChI is InChI=1S/C13H16N4O3/c18-12(9-17-7-6-15-16-17)8-14-13(19)20-10-11-4-2-1-3-5-11/h1-7,12,18H,8-10H2,(H,14,19). The molecular formula is C13H16N4O3. The first kappa shape index (κ1) is 14.0. The Kier molecular flexibility index (Phi) is 5.08. The van der Waals surface area contributed by atoms with Gasteiger partial charge >= 0.3 is 6.09 Å². The Morgan fingerprint density at radius 1 is 1.40 bits per heavy atom. The zero-order valence-corrected chi connectivity index (χ0v) is 10.8. The first-order chi connectivity index (χ1) is 9.74. The highest BCUT2D eigenvalue weighted by molar-refractivity contribution is 5.67. The Morgan fingerprint density at radius 3 is 2.90 bits per heavy atom. The van der Waals surface area contributed by atoms with Gasteiger partial charge in [0.05, 0.1) is 18.8 Å². The molecule has 20 heavy (non-hydrogen) atoms. The van der Waals surface area contributed by atoms with Gasteiger partial charge in [0, 0.05) is 12.7 Å². The second-order valence-corrected chi connectivity index (χ2v) is 4.22. The van der Waals surface area contributed by atoms with Gasteiger partial charge in [-0.25, -0.2) is 9.48 Å². The predicted octanol–water partition coefficient (Wildman–Crippen LogP) is 0.565. The SMILES string of the molecule is O=C(NCC(O)Cn1ccnn1)OCc1ccccc1. The van der Waals surface area contributed by atoms with E-state index in [9.17, 15) is 9.90 Å². The van der Waals surface area contributed by atoms with Crippen LogP contribution in [0.1, 0.15) is 5.56 Å². The average Bonchev–Trinajstić information content (AvgIpc) is 2.97. The van der Waals surface area contributed by atoms with E-state index in [1.54, 1.807) is 6.20 Å². The summed E-state index contributed by atoms with van der Waals surface area (Å²) in [5.41, 5.74) is 0.908. The summed E-state index contributed by atoms with van der Waals surface area (Å²) in [5, 5.41) is 19.5. The molecule has 1 heterocycles. The molecule has 1 amide bonds. The number of aliphatic hydroxyl groups excluding tert-OH is 1. The lowest BCUT2D eigenvalue weighted by molar-refractivity contribution is 0.118. The maximum atomic E-state index is 11.4. The quantitative estimate of drug-likeness (QED) is 0.805. The molecule has 0 aliphatic rings. The Hall–Kier alpha value is -2.41. The zero-order valence-electron chi connectivity index (χ0n) is 10.8. The summed E-state index contributed by atoms with van der Waals surface area (Å²) < 4.78 is 6.51. The van der Waals surface area contributed by atoms with Crippen LogP contribution in [0.5, 0.6) is 0 Å². The van der Waals surface area contributed by atoms with Crippen molar-refractivity contribution in [3.63, 3.8) is 0 Å². The minimum absolute atomic E-state index is 0.0908. The van der Waals surface area contributed by atoms with E-state index in [0.717, 1.165) is 5.56 Å². The third-order valence-electron chi connectivity index (χ3n) is 2.56. The zero-order chi connectivity index (χ0) is 14.2. The number of amides is 1. The van der Waals surface area contributed by atoms with Crippen molar-refractivity contribution in [3.05, 3.63) is 48.3 Å². The Balaban J connectivity index is 1.64. The Morgan fingerprint density at radius 2 is 2.20 bits per heavy atom. The van der Waals surface area contributed by atoms with Crippen molar-refractivity contribution >= 4 is 6.09 Å². The van der Waals surface area contributed by atoms with Crippen LogP contribution in [0.4, 0.5) is 4.79 Å². The van der Waals surface area contributed by atoms with Crippen molar-refractivity contribution in [2.24, 2.45) is 0 Å². The summed E-state index contributed by atoms with van der Waals surface area (Å²) >= 11 is 0. The summed E-state index contributed by atoms with van der Waals surface area (Å²) in [5.74, 6) is 0. The summed E-state index contributed by atoms with van der Waals surface area (Å²) in [7, 11) is 0. The van der Waals surface area contributed by atoms with Crippen molar-refractivity contribution in [2.75, 3.05) is 6.54 Å². The molecule has 7 heteroatoms. The molecule has 2 rings (SSSR count). The number of hydrogen-bond donors (Lipinski definition) is 2. The normalized spacial score (nSPS) is 11.8. The lowest BCUT2D eigenvalue weighted by Gasteiger charge is -2.11. The molecule has 0 aliphatic carbocycles. The first-order valence-corrected chi connectivity index (χ1v) is 6.21. The third kappa shape index (κ3) is 4.69. The summed E-state index contributed by atoms with van der Waals surface area (Å²) in [4.78, 5) is 11.4. The molecule has 1 aromatic heterocycles. The molecule has 106 valence electrons. The molecule has 0 saturated carbocycles. The van der Waals surface area contributed by atoms with Crippen LogP contribution >= 0.6 is 0 Å². The van der Waals surface area contributed by atoms with Crippen LogP contribution in [0, 0.1) is 0 Å². The number of hydrogen-bond acceptors (Lipinski definition) is 5. The average molecular weight is 276 g/mol. The van der Waals surface area contributed by atoms with Crippen LogP contribution in [0.25, 0.3) is 0 Å². The molecule has 2 N–H and O–H groups in total. The lowest BCUT2D eigenvalue weighted by atomic mass is 10.2. The minimum atomic E-state index is -0.749. The number of alkyl carbamates (subject to hydrolysis) is 1. The smallest absolute Gasteiger partial charge is 0.407 e. The van der Waals surface area contributed by atoms with Gasteiger partial charge in [-0.2, -0.15) is 0 Å². The van der Waals surface area contributed by atoms with Gasteiger partial charge in [-0.15, -0.1) is 5.10 Å². The monoisotopic (exact) mass is 276 g/mol. The number of nitrogens with zero attached hydrogens (tertiary/aromatic N) is 3. The van der Waals surface area contributed by atoms with E-state index in [0.29, 0.717) is 0 Å².